The summed E-state index contributed by atoms with van der Waals surface area (Å²) >= 11 is 0. The molecule has 0 bridgehead atoms. The highest BCUT2D eigenvalue weighted by Gasteiger charge is 2.06. The summed E-state index contributed by atoms with van der Waals surface area (Å²) in [6, 6.07) is 0.573. The third kappa shape index (κ3) is 1.71. The van der Waals surface area contributed by atoms with Gasteiger partial charge in [-0.15, -0.1) is 0 Å². The Bertz CT molecular complexity index is 72.1. The third-order valence-electron chi connectivity index (χ3n) is 0.909. The Kier molecular flexibility index (Phi) is 1.44. The molecule has 0 radical (unpaired) electrons. The van der Waals surface area contributed by atoms with Crippen LogP contribution in [0.1, 0.15) is 0 Å². The first-order valence-electron chi connectivity index (χ1n) is 2.55. The Hall–Kier alpha value is -0.340. The maximum atomic E-state index is 5.21. The lowest BCUT2D eigenvalue weighted by Crippen LogP contribution is -2.24. The van der Waals surface area contributed by atoms with Crippen molar-refractivity contribution < 1.29 is 0 Å². The van der Waals surface area contributed by atoms with Crippen LogP contribution in [0.5, 0.6) is 0 Å². The van der Waals surface area contributed by atoms with E-state index < -0.39 is 0 Å². The lowest BCUT2D eigenvalue weighted by Gasteiger charge is -1.95. The molecule has 0 saturated carbocycles. The summed E-state index contributed by atoms with van der Waals surface area (Å²) in [5, 5.41) is 3.17. The largest absolute Gasteiger partial charge is 0.329 e. The fourth-order valence-corrected chi connectivity index (χ4v) is 0.442. The summed E-state index contributed by atoms with van der Waals surface area (Å²) in [4.78, 5) is 0. The van der Waals surface area contributed by atoms with E-state index in [1.807, 2.05) is 0 Å². The van der Waals surface area contributed by atoms with E-state index in [0.717, 1.165) is 13.1 Å². The highest BCUT2D eigenvalue weighted by Crippen LogP contribution is 2.01. The molecule has 0 saturated heterocycles. The average molecular weight is 98.1 g/mol. The van der Waals surface area contributed by atoms with E-state index in [1.54, 1.807) is 0 Å². The van der Waals surface area contributed by atoms with Crippen molar-refractivity contribution in [2.24, 2.45) is 5.73 Å². The summed E-state index contributed by atoms with van der Waals surface area (Å²) in [5.74, 6) is 0. The fraction of sp³-hybridized carbons (Fsp3) is 0.600. The lowest BCUT2D eigenvalue weighted by molar-refractivity contribution is 0.719. The number of hydrogen-bond donors (Lipinski definition) is 2. The zero-order chi connectivity index (χ0) is 5.11. The molecule has 1 aliphatic carbocycles. The van der Waals surface area contributed by atoms with Crippen molar-refractivity contribution >= 4 is 0 Å². The predicted octanol–water partition coefficient (Wildman–Crippen LogP) is -0.527. The van der Waals surface area contributed by atoms with Crippen LogP contribution in [0.3, 0.4) is 0 Å². The van der Waals surface area contributed by atoms with E-state index >= 15 is 0 Å². The van der Waals surface area contributed by atoms with Gasteiger partial charge < -0.3 is 11.1 Å². The second-order valence-corrected chi connectivity index (χ2v) is 1.65. The molecule has 0 atom stereocenters. The molecule has 3 N–H and O–H groups in total. The Morgan fingerprint density at radius 2 is 2.29 bits per heavy atom. The van der Waals surface area contributed by atoms with E-state index in [4.69, 9.17) is 5.73 Å². The van der Waals surface area contributed by atoms with Crippen LogP contribution in [0.15, 0.2) is 12.2 Å². The molecule has 7 heavy (non-hydrogen) atoms. The molecular weight excluding hydrogens is 88.1 g/mol. The standard InChI is InChI=1S/C5H10N2/c6-3-4-7-5-1-2-5/h1-2,5,7H,3-4,6H2. The third-order valence-corrected chi connectivity index (χ3v) is 0.909. The average Bonchev–Trinajstić information content (AvgIpc) is 2.42. The SMILES string of the molecule is NCCNC1C=C1. The van der Waals surface area contributed by atoms with Crippen LogP contribution >= 0.6 is 0 Å². The minimum Gasteiger partial charge on any atom is -0.329 e. The lowest BCUT2D eigenvalue weighted by atomic mass is 10.5. The molecule has 0 amide bonds. The molecule has 1 aliphatic rings. The molecular formula is C5H10N2. The molecule has 0 aromatic heterocycles. The molecule has 0 aromatic rings. The van der Waals surface area contributed by atoms with E-state index in [-0.39, 0.29) is 0 Å². The molecule has 0 unspecified atom stereocenters. The van der Waals surface area contributed by atoms with Crippen molar-refractivity contribution in [2.45, 2.75) is 6.04 Å². The Balaban J connectivity index is 1.81. The maximum Gasteiger partial charge on any atom is 0.0437 e. The number of nitrogens with one attached hydrogen (secondary N) is 1. The molecule has 2 heteroatoms. The summed E-state index contributed by atoms with van der Waals surface area (Å²) in [6.45, 7) is 1.66. The van der Waals surface area contributed by atoms with Crippen molar-refractivity contribution in [3.05, 3.63) is 12.2 Å². The summed E-state index contributed by atoms with van der Waals surface area (Å²) in [5.41, 5.74) is 5.21. The second-order valence-electron chi connectivity index (χ2n) is 1.65. The quantitative estimate of drug-likeness (QED) is 0.466. The van der Waals surface area contributed by atoms with Crippen LogP contribution in [0.2, 0.25) is 0 Å². The van der Waals surface area contributed by atoms with Crippen molar-refractivity contribution in [1.82, 2.24) is 5.32 Å². The van der Waals surface area contributed by atoms with E-state index in [0.29, 0.717) is 6.04 Å². The highest BCUT2D eigenvalue weighted by molar-refractivity contribution is 5.19. The molecule has 0 fully saturated rings. The van der Waals surface area contributed by atoms with E-state index in [2.05, 4.69) is 17.5 Å². The van der Waals surface area contributed by atoms with Gasteiger partial charge in [0.05, 0.1) is 0 Å². The van der Waals surface area contributed by atoms with Crippen LogP contribution in [0, 0.1) is 0 Å². The molecule has 0 spiro atoms. The Morgan fingerprint density at radius 3 is 2.71 bits per heavy atom. The zero-order valence-electron chi connectivity index (χ0n) is 4.22. The van der Waals surface area contributed by atoms with Crippen molar-refractivity contribution in [3.63, 3.8) is 0 Å². The van der Waals surface area contributed by atoms with Crippen molar-refractivity contribution in [1.29, 1.82) is 0 Å². The molecule has 0 heterocycles. The van der Waals surface area contributed by atoms with Gasteiger partial charge in [-0.2, -0.15) is 0 Å². The van der Waals surface area contributed by atoms with Gasteiger partial charge in [0.1, 0.15) is 0 Å². The van der Waals surface area contributed by atoms with E-state index in [9.17, 15) is 0 Å². The summed E-state index contributed by atoms with van der Waals surface area (Å²) in [6.07, 6.45) is 4.21. The Morgan fingerprint density at radius 1 is 1.57 bits per heavy atom. The van der Waals surface area contributed by atoms with Gasteiger partial charge in [0.25, 0.3) is 0 Å². The molecule has 0 aliphatic heterocycles. The number of nitrogens with two attached hydrogens (primary N) is 1. The fourth-order valence-electron chi connectivity index (χ4n) is 0.442. The molecule has 40 valence electrons. The Labute approximate surface area is 43.4 Å². The van der Waals surface area contributed by atoms with Gasteiger partial charge in [-0.25, -0.2) is 0 Å². The van der Waals surface area contributed by atoms with Gasteiger partial charge in [0.2, 0.25) is 0 Å². The van der Waals surface area contributed by atoms with Crippen LogP contribution in [0.25, 0.3) is 0 Å². The smallest absolute Gasteiger partial charge is 0.0437 e. The minimum absolute atomic E-state index is 0.573. The van der Waals surface area contributed by atoms with Crippen LogP contribution in [-0.4, -0.2) is 19.1 Å². The van der Waals surface area contributed by atoms with E-state index in [1.165, 1.54) is 0 Å². The van der Waals surface area contributed by atoms with Crippen LogP contribution in [-0.2, 0) is 0 Å². The topological polar surface area (TPSA) is 38.0 Å². The van der Waals surface area contributed by atoms with Gasteiger partial charge in [-0.05, 0) is 0 Å². The predicted molar refractivity (Wildman–Crippen MR) is 30.0 cm³/mol. The first kappa shape index (κ1) is 4.81. The molecule has 2 nitrogen and oxygen atoms in total. The summed E-state index contributed by atoms with van der Waals surface area (Å²) < 4.78 is 0. The van der Waals surface area contributed by atoms with Gasteiger partial charge in [0, 0.05) is 19.1 Å². The monoisotopic (exact) mass is 98.1 g/mol. The second kappa shape index (κ2) is 2.09. The van der Waals surface area contributed by atoms with Gasteiger partial charge in [-0.1, -0.05) is 12.2 Å². The molecule has 1 rings (SSSR count). The number of hydrogen-bond acceptors (Lipinski definition) is 2. The first-order valence-corrected chi connectivity index (χ1v) is 2.55. The van der Waals surface area contributed by atoms with Gasteiger partial charge >= 0.3 is 0 Å². The normalized spacial score (nSPS) is 17.9. The van der Waals surface area contributed by atoms with Crippen LogP contribution in [0.4, 0.5) is 0 Å². The zero-order valence-corrected chi connectivity index (χ0v) is 4.22. The van der Waals surface area contributed by atoms with Gasteiger partial charge in [-0.3, -0.25) is 0 Å². The van der Waals surface area contributed by atoms with Gasteiger partial charge in [0.15, 0.2) is 0 Å². The number of rotatable bonds is 3. The first-order chi connectivity index (χ1) is 3.43. The van der Waals surface area contributed by atoms with Crippen molar-refractivity contribution in [3.8, 4) is 0 Å². The van der Waals surface area contributed by atoms with Crippen LogP contribution < -0.4 is 11.1 Å². The van der Waals surface area contributed by atoms with Crippen molar-refractivity contribution in [2.75, 3.05) is 13.1 Å². The summed E-state index contributed by atoms with van der Waals surface area (Å²) in [7, 11) is 0. The maximum absolute atomic E-state index is 5.21. The highest BCUT2D eigenvalue weighted by atomic mass is 14.9. The minimum atomic E-state index is 0.573. The molecule has 0 aromatic carbocycles.